The number of hydrogen-bond donors (Lipinski definition) is 1. The lowest BCUT2D eigenvalue weighted by Crippen LogP contribution is -2.49. The Morgan fingerprint density at radius 3 is 2.33 bits per heavy atom. The fraction of sp³-hybridized carbons (Fsp3) is 1.00. The van der Waals surface area contributed by atoms with Gasteiger partial charge in [-0.3, -0.25) is 0 Å². The van der Waals surface area contributed by atoms with E-state index in [1.165, 1.54) is 25.5 Å². The highest BCUT2D eigenvalue weighted by Gasteiger charge is 2.61. The first-order chi connectivity index (χ1) is 8.06. The van der Waals surface area contributed by atoms with Gasteiger partial charge in [0.25, 0.3) is 0 Å². The molecule has 0 heterocycles. The van der Waals surface area contributed by atoms with Crippen LogP contribution >= 0.6 is 0 Å². The lowest BCUT2D eigenvalue weighted by atomic mass is 9.69. The van der Waals surface area contributed by atoms with Gasteiger partial charge < -0.3 is 5.32 Å². The molecular weight excluding hydrogens is 246 g/mol. The first-order valence-corrected chi connectivity index (χ1v) is 9.06. The largest absolute Gasteiger partial charge is 0.310 e. The number of hydrogen-bond acceptors (Lipinski definition) is 3. The second kappa shape index (κ2) is 4.20. The Labute approximate surface area is 112 Å². The van der Waals surface area contributed by atoms with Crippen molar-refractivity contribution in [2.75, 3.05) is 12.0 Å². The molecule has 0 spiro atoms. The third-order valence-electron chi connectivity index (χ3n) is 5.83. The predicted octanol–water partition coefficient (Wildman–Crippen LogP) is 2.22. The zero-order valence-electron chi connectivity index (χ0n) is 12.3. The summed E-state index contributed by atoms with van der Waals surface area (Å²) in [4.78, 5) is 0. The van der Waals surface area contributed by atoms with Crippen molar-refractivity contribution in [3.63, 3.8) is 0 Å². The topological polar surface area (TPSA) is 46.2 Å². The van der Waals surface area contributed by atoms with Gasteiger partial charge in [-0.1, -0.05) is 20.8 Å². The summed E-state index contributed by atoms with van der Waals surface area (Å²) in [7, 11) is -2.89. The minimum absolute atomic E-state index is 0.0528. The van der Waals surface area contributed by atoms with Crippen molar-refractivity contribution in [1.29, 1.82) is 0 Å². The van der Waals surface area contributed by atoms with E-state index in [9.17, 15) is 8.42 Å². The van der Waals surface area contributed by atoms with Crippen LogP contribution in [0.1, 0.15) is 47.0 Å². The summed E-state index contributed by atoms with van der Waals surface area (Å²) in [6.45, 7) is 9.13. The van der Waals surface area contributed by atoms with Crippen LogP contribution in [0.25, 0.3) is 0 Å². The molecule has 106 valence electrons. The van der Waals surface area contributed by atoms with Gasteiger partial charge in [-0.2, -0.15) is 0 Å². The van der Waals surface area contributed by atoms with Crippen LogP contribution in [-0.4, -0.2) is 32.5 Å². The van der Waals surface area contributed by atoms with E-state index in [4.69, 9.17) is 0 Å². The van der Waals surface area contributed by atoms with Gasteiger partial charge in [-0.15, -0.1) is 0 Å². The number of fused-ring (bicyclic) bond motifs is 2. The summed E-state index contributed by atoms with van der Waals surface area (Å²) < 4.78 is 22.7. The minimum atomic E-state index is -2.89. The van der Waals surface area contributed by atoms with Crippen LogP contribution in [0, 0.1) is 16.7 Å². The molecule has 2 saturated carbocycles. The molecule has 2 fully saturated rings. The van der Waals surface area contributed by atoms with Crippen molar-refractivity contribution in [1.82, 2.24) is 5.32 Å². The molecular formula is C14H27NO2S. The highest BCUT2D eigenvalue weighted by Crippen LogP contribution is 2.65. The molecule has 2 rings (SSSR count). The van der Waals surface area contributed by atoms with Gasteiger partial charge >= 0.3 is 0 Å². The molecule has 0 aromatic heterocycles. The van der Waals surface area contributed by atoms with E-state index in [1.54, 1.807) is 0 Å². The highest BCUT2D eigenvalue weighted by molar-refractivity contribution is 7.90. The van der Waals surface area contributed by atoms with Crippen LogP contribution in [0.5, 0.6) is 0 Å². The Bertz CT molecular complexity index is 429. The molecule has 0 aliphatic heterocycles. The van der Waals surface area contributed by atoms with Gasteiger partial charge in [0.05, 0.1) is 5.75 Å². The maximum absolute atomic E-state index is 11.3. The van der Waals surface area contributed by atoms with E-state index in [0.29, 0.717) is 16.9 Å². The van der Waals surface area contributed by atoms with Gasteiger partial charge in [0, 0.05) is 18.3 Å². The summed E-state index contributed by atoms with van der Waals surface area (Å²) >= 11 is 0. The van der Waals surface area contributed by atoms with E-state index < -0.39 is 9.84 Å². The molecule has 0 radical (unpaired) electrons. The average Bonchev–Trinajstić information content (AvgIpc) is 2.47. The smallest absolute Gasteiger partial charge is 0.148 e. The summed E-state index contributed by atoms with van der Waals surface area (Å²) in [6, 6.07) is 0.528. The van der Waals surface area contributed by atoms with Crippen molar-refractivity contribution >= 4 is 9.84 Å². The zero-order valence-corrected chi connectivity index (χ0v) is 13.1. The molecule has 0 amide bonds. The van der Waals surface area contributed by atoms with Gasteiger partial charge in [0.1, 0.15) is 9.84 Å². The van der Waals surface area contributed by atoms with Crippen LogP contribution in [0.15, 0.2) is 0 Å². The van der Waals surface area contributed by atoms with Crippen molar-refractivity contribution in [2.24, 2.45) is 16.7 Å². The quantitative estimate of drug-likeness (QED) is 0.854. The average molecular weight is 273 g/mol. The minimum Gasteiger partial charge on any atom is -0.310 e. The molecule has 3 nitrogen and oxygen atoms in total. The lowest BCUT2D eigenvalue weighted by Gasteiger charge is -2.40. The molecule has 0 aromatic carbocycles. The van der Waals surface area contributed by atoms with Crippen LogP contribution in [0.3, 0.4) is 0 Å². The van der Waals surface area contributed by atoms with E-state index in [0.717, 1.165) is 5.92 Å². The van der Waals surface area contributed by atoms with Crippen LogP contribution < -0.4 is 5.32 Å². The molecule has 0 aromatic rings. The molecule has 1 N–H and O–H groups in total. The zero-order chi connectivity index (χ0) is 13.8. The molecule has 0 saturated heterocycles. The highest BCUT2D eigenvalue weighted by atomic mass is 32.2. The van der Waals surface area contributed by atoms with Gasteiger partial charge in [-0.05, 0) is 42.9 Å². The summed E-state index contributed by atoms with van der Waals surface area (Å²) in [5, 5.41) is 3.58. The Kier molecular flexibility index (Phi) is 3.34. The maximum Gasteiger partial charge on any atom is 0.148 e. The van der Waals surface area contributed by atoms with E-state index in [-0.39, 0.29) is 11.8 Å². The SMILES string of the molecule is CC(CS(C)(=O)=O)NC1CC2CCC1(C)C2(C)C. The second-order valence-corrected chi connectivity index (χ2v) is 9.51. The monoisotopic (exact) mass is 273 g/mol. The van der Waals surface area contributed by atoms with Crippen LogP contribution in [0.4, 0.5) is 0 Å². The maximum atomic E-state index is 11.3. The number of rotatable bonds is 4. The normalized spacial score (nSPS) is 40.1. The molecule has 4 heteroatoms. The third-order valence-corrected chi connectivity index (χ3v) is 6.94. The lowest BCUT2D eigenvalue weighted by molar-refractivity contribution is 0.117. The van der Waals surface area contributed by atoms with Gasteiger partial charge in [-0.25, -0.2) is 8.42 Å². The van der Waals surface area contributed by atoms with Gasteiger partial charge in [0.2, 0.25) is 0 Å². The molecule has 18 heavy (non-hydrogen) atoms. The third kappa shape index (κ3) is 2.22. The van der Waals surface area contributed by atoms with Gasteiger partial charge in [0.15, 0.2) is 0 Å². The molecule has 2 bridgehead atoms. The molecule has 2 aliphatic rings. The number of nitrogens with one attached hydrogen (secondary N) is 1. The fourth-order valence-electron chi connectivity index (χ4n) is 4.30. The van der Waals surface area contributed by atoms with Crippen molar-refractivity contribution in [2.45, 2.75) is 59.0 Å². The van der Waals surface area contributed by atoms with E-state index in [2.05, 4.69) is 26.1 Å². The Balaban J connectivity index is 2.05. The van der Waals surface area contributed by atoms with E-state index in [1.807, 2.05) is 6.92 Å². The molecule has 2 aliphatic carbocycles. The van der Waals surface area contributed by atoms with Crippen molar-refractivity contribution < 1.29 is 8.42 Å². The van der Waals surface area contributed by atoms with Crippen LogP contribution in [-0.2, 0) is 9.84 Å². The number of sulfone groups is 1. The summed E-state index contributed by atoms with van der Waals surface area (Å²) in [6.07, 6.45) is 5.13. The second-order valence-electron chi connectivity index (χ2n) is 7.32. The molecule has 4 atom stereocenters. The fourth-order valence-corrected chi connectivity index (χ4v) is 5.31. The summed E-state index contributed by atoms with van der Waals surface area (Å²) in [5.74, 6) is 1.04. The molecule has 4 unspecified atom stereocenters. The first-order valence-electron chi connectivity index (χ1n) is 7.00. The van der Waals surface area contributed by atoms with Crippen molar-refractivity contribution in [3.8, 4) is 0 Å². The Hall–Kier alpha value is -0.0900. The Morgan fingerprint density at radius 1 is 1.33 bits per heavy atom. The van der Waals surface area contributed by atoms with E-state index >= 15 is 0 Å². The standard InChI is InChI=1S/C14H27NO2S/c1-10(9-18(5,16)17)15-12-8-11-6-7-14(12,4)13(11,2)3/h10-12,15H,6-9H2,1-5H3. The van der Waals surface area contributed by atoms with Crippen LogP contribution in [0.2, 0.25) is 0 Å². The predicted molar refractivity (Wildman–Crippen MR) is 75.3 cm³/mol. The first kappa shape index (κ1) is 14.3. The Morgan fingerprint density at radius 2 is 1.94 bits per heavy atom. The summed E-state index contributed by atoms with van der Waals surface area (Å²) in [5.41, 5.74) is 0.707. The van der Waals surface area contributed by atoms with Crippen molar-refractivity contribution in [3.05, 3.63) is 0 Å².